The van der Waals surface area contributed by atoms with Crippen LogP contribution in [-0.4, -0.2) is 22.4 Å². The van der Waals surface area contributed by atoms with Crippen LogP contribution in [0.2, 0.25) is 5.02 Å². The number of nitrogens with zero attached hydrogens (tertiary/aromatic N) is 1. The Balaban J connectivity index is 1.64. The number of thioether (sulfide) groups is 1. The van der Waals surface area contributed by atoms with Crippen LogP contribution in [0.5, 0.6) is 0 Å². The predicted molar refractivity (Wildman–Crippen MR) is 101 cm³/mol. The fourth-order valence-corrected chi connectivity index (χ4v) is 3.16. The molecule has 116 valence electrons. The molecule has 22 heavy (non-hydrogen) atoms. The third kappa shape index (κ3) is 5.83. The van der Waals surface area contributed by atoms with Gasteiger partial charge in [0.15, 0.2) is 5.11 Å². The van der Waals surface area contributed by atoms with Gasteiger partial charge in [0.1, 0.15) is 5.82 Å². The molecule has 0 saturated heterocycles. The quantitative estimate of drug-likeness (QED) is 0.600. The Bertz CT molecular complexity index is 634. The van der Waals surface area contributed by atoms with Gasteiger partial charge in [-0.25, -0.2) is 4.98 Å². The summed E-state index contributed by atoms with van der Waals surface area (Å²) in [6, 6.07) is 13.7. The summed E-state index contributed by atoms with van der Waals surface area (Å²) in [5.74, 6) is 2.62. The Morgan fingerprint density at radius 1 is 1.23 bits per heavy atom. The van der Waals surface area contributed by atoms with Crippen molar-refractivity contribution in [2.24, 2.45) is 0 Å². The largest absolute Gasteiger partial charge is 0.362 e. The number of rotatable bonds is 6. The van der Waals surface area contributed by atoms with E-state index >= 15 is 0 Å². The van der Waals surface area contributed by atoms with Gasteiger partial charge in [-0.3, -0.25) is 0 Å². The van der Waals surface area contributed by atoms with Gasteiger partial charge in [0, 0.05) is 28.8 Å². The van der Waals surface area contributed by atoms with Gasteiger partial charge in [0.05, 0.1) is 0 Å². The maximum Gasteiger partial charge on any atom is 0.171 e. The topological polar surface area (TPSA) is 37.0 Å². The van der Waals surface area contributed by atoms with Crippen molar-refractivity contribution in [1.82, 2.24) is 10.3 Å². The van der Waals surface area contributed by atoms with Gasteiger partial charge in [-0.1, -0.05) is 35.9 Å². The number of thiocarbonyl (C=S) groups is 1. The number of hydrogen-bond acceptors (Lipinski definition) is 3. The van der Waals surface area contributed by atoms with Crippen LogP contribution < -0.4 is 10.6 Å². The van der Waals surface area contributed by atoms with E-state index in [4.69, 9.17) is 23.8 Å². The Labute approximate surface area is 145 Å². The van der Waals surface area contributed by atoms with Crippen LogP contribution in [0.15, 0.2) is 42.5 Å². The molecule has 6 heteroatoms. The number of nitrogens with one attached hydrogen (secondary N) is 2. The van der Waals surface area contributed by atoms with Gasteiger partial charge < -0.3 is 10.6 Å². The summed E-state index contributed by atoms with van der Waals surface area (Å²) in [5.41, 5.74) is 2.13. The van der Waals surface area contributed by atoms with E-state index in [0.717, 1.165) is 34.6 Å². The summed E-state index contributed by atoms with van der Waals surface area (Å²) in [4.78, 5) is 4.35. The molecule has 0 fully saturated rings. The molecule has 0 unspecified atom stereocenters. The highest BCUT2D eigenvalue weighted by atomic mass is 35.5. The SMILES string of the molecule is Cc1cccc(NC(=S)NCCSCc2ccccc2Cl)n1. The minimum absolute atomic E-state index is 0.594. The third-order valence-electron chi connectivity index (χ3n) is 2.88. The van der Waals surface area contributed by atoms with Crippen molar-refractivity contribution in [3.05, 3.63) is 58.7 Å². The average molecular weight is 352 g/mol. The summed E-state index contributed by atoms with van der Waals surface area (Å²) in [5, 5.41) is 7.68. The number of benzene rings is 1. The molecule has 0 radical (unpaired) electrons. The predicted octanol–water partition coefficient (Wildman–Crippen LogP) is 4.26. The van der Waals surface area contributed by atoms with Gasteiger partial charge in [-0.2, -0.15) is 11.8 Å². The van der Waals surface area contributed by atoms with Crippen LogP contribution in [0.25, 0.3) is 0 Å². The summed E-state index contributed by atoms with van der Waals surface area (Å²) >= 11 is 13.2. The highest BCUT2D eigenvalue weighted by Crippen LogP contribution is 2.20. The fraction of sp³-hybridized carbons (Fsp3) is 0.250. The molecule has 0 spiro atoms. The molecule has 2 aromatic rings. The number of halogens is 1. The van der Waals surface area contributed by atoms with E-state index in [9.17, 15) is 0 Å². The van der Waals surface area contributed by atoms with Crippen LogP contribution >= 0.6 is 35.6 Å². The highest BCUT2D eigenvalue weighted by Gasteiger charge is 2.00. The molecule has 0 aliphatic carbocycles. The smallest absolute Gasteiger partial charge is 0.171 e. The second kappa shape index (κ2) is 8.98. The van der Waals surface area contributed by atoms with Crippen LogP contribution in [-0.2, 0) is 5.75 Å². The first-order valence-corrected chi connectivity index (χ1v) is 8.89. The maximum absolute atomic E-state index is 6.12. The van der Waals surface area contributed by atoms with E-state index in [2.05, 4.69) is 21.7 Å². The third-order valence-corrected chi connectivity index (χ3v) is 4.50. The number of aromatic nitrogens is 1. The summed E-state index contributed by atoms with van der Waals surface area (Å²) in [6.07, 6.45) is 0. The lowest BCUT2D eigenvalue weighted by atomic mass is 10.2. The molecule has 2 rings (SSSR count). The minimum atomic E-state index is 0.594. The van der Waals surface area contributed by atoms with Crippen molar-refractivity contribution in [2.45, 2.75) is 12.7 Å². The van der Waals surface area contributed by atoms with Crippen LogP contribution in [0.3, 0.4) is 0 Å². The zero-order chi connectivity index (χ0) is 15.8. The standard InChI is InChI=1S/C16H18ClN3S2/c1-12-5-4-8-15(19-12)20-16(21)18-9-10-22-11-13-6-2-3-7-14(13)17/h2-8H,9-11H2,1H3,(H2,18,19,20,21). The molecule has 0 amide bonds. The van der Waals surface area contributed by atoms with Crippen LogP contribution in [0.4, 0.5) is 5.82 Å². The molecule has 1 aromatic heterocycles. The minimum Gasteiger partial charge on any atom is -0.362 e. The molecule has 3 nitrogen and oxygen atoms in total. The number of pyridine rings is 1. The van der Waals surface area contributed by atoms with E-state index in [1.165, 1.54) is 5.56 Å². The van der Waals surface area contributed by atoms with Crippen molar-refractivity contribution in [3.8, 4) is 0 Å². The monoisotopic (exact) mass is 351 g/mol. The first-order valence-electron chi connectivity index (χ1n) is 6.95. The van der Waals surface area contributed by atoms with Crippen molar-refractivity contribution >= 4 is 46.5 Å². The zero-order valence-corrected chi connectivity index (χ0v) is 14.7. The van der Waals surface area contributed by atoms with E-state index < -0.39 is 0 Å². The maximum atomic E-state index is 6.12. The molecule has 0 bridgehead atoms. The first-order chi connectivity index (χ1) is 10.6. The van der Waals surface area contributed by atoms with Crippen molar-refractivity contribution in [3.63, 3.8) is 0 Å². The number of anilines is 1. The first kappa shape index (κ1) is 17.1. The van der Waals surface area contributed by atoms with E-state index in [-0.39, 0.29) is 0 Å². The molecule has 1 heterocycles. The lowest BCUT2D eigenvalue weighted by molar-refractivity contribution is 0.987. The van der Waals surface area contributed by atoms with Crippen LogP contribution in [0.1, 0.15) is 11.3 Å². The second-order valence-corrected chi connectivity index (χ2v) is 6.61. The highest BCUT2D eigenvalue weighted by molar-refractivity contribution is 7.98. The molecule has 1 aromatic carbocycles. The van der Waals surface area contributed by atoms with Crippen molar-refractivity contribution in [2.75, 3.05) is 17.6 Å². The second-order valence-electron chi connectivity index (χ2n) is 4.69. The zero-order valence-electron chi connectivity index (χ0n) is 12.3. The number of hydrogen-bond donors (Lipinski definition) is 2. The normalized spacial score (nSPS) is 10.3. The average Bonchev–Trinajstić information content (AvgIpc) is 2.48. The van der Waals surface area contributed by atoms with Gasteiger partial charge in [-0.15, -0.1) is 0 Å². The number of aryl methyl sites for hydroxylation is 1. The van der Waals surface area contributed by atoms with E-state index in [1.54, 1.807) is 0 Å². The van der Waals surface area contributed by atoms with Crippen molar-refractivity contribution < 1.29 is 0 Å². The Kier molecular flexibility index (Phi) is 6.96. The molecule has 0 aliphatic rings. The van der Waals surface area contributed by atoms with Crippen molar-refractivity contribution in [1.29, 1.82) is 0 Å². The summed E-state index contributed by atoms with van der Waals surface area (Å²) < 4.78 is 0. The lowest BCUT2D eigenvalue weighted by Crippen LogP contribution is -2.30. The summed E-state index contributed by atoms with van der Waals surface area (Å²) in [7, 11) is 0. The lowest BCUT2D eigenvalue weighted by Gasteiger charge is -2.10. The molecular formula is C16H18ClN3S2. The van der Waals surface area contributed by atoms with Crippen LogP contribution in [0, 0.1) is 6.92 Å². The fourth-order valence-electron chi connectivity index (χ4n) is 1.81. The Hall–Kier alpha value is -1.30. The Morgan fingerprint density at radius 2 is 2.05 bits per heavy atom. The summed E-state index contributed by atoms with van der Waals surface area (Å²) in [6.45, 7) is 2.75. The molecule has 2 N–H and O–H groups in total. The molecule has 0 saturated carbocycles. The van der Waals surface area contributed by atoms with Gasteiger partial charge in [0.2, 0.25) is 0 Å². The van der Waals surface area contributed by atoms with E-state index in [0.29, 0.717) is 5.11 Å². The molecular weight excluding hydrogens is 334 g/mol. The van der Waals surface area contributed by atoms with E-state index in [1.807, 2.05) is 55.1 Å². The van der Waals surface area contributed by atoms with Gasteiger partial charge in [-0.05, 0) is 42.9 Å². The van der Waals surface area contributed by atoms with Gasteiger partial charge >= 0.3 is 0 Å². The molecule has 0 aliphatic heterocycles. The Morgan fingerprint density at radius 3 is 2.82 bits per heavy atom. The van der Waals surface area contributed by atoms with Gasteiger partial charge in [0.25, 0.3) is 0 Å². The molecule has 0 atom stereocenters.